The van der Waals surface area contributed by atoms with Gasteiger partial charge in [-0.15, -0.1) is 0 Å². The minimum Gasteiger partial charge on any atom is -0.476 e. The van der Waals surface area contributed by atoms with Crippen LogP contribution in [0.2, 0.25) is 0 Å². The second kappa shape index (κ2) is 12.1. The van der Waals surface area contributed by atoms with Gasteiger partial charge in [-0.25, -0.2) is 4.79 Å². The third-order valence-corrected chi connectivity index (χ3v) is 7.16. The number of piperidine rings is 1. The van der Waals surface area contributed by atoms with Crippen LogP contribution < -0.4 is 15.0 Å². The number of nitrogens with zero attached hydrogens (tertiary/aromatic N) is 3. The lowest BCUT2D eigenvalue weighted by atomic mass is 9.97. The molecule has 0 aliphatic carbocycles. The second-order valence-electron chi connectivity index (χ2n) is 12.4. The Morgan fingerprint density at radius 3 is 2.50 bits per heavy atom. The van der Waals surface area contributed by atoms with E-state index in [4.69, 9.17) is 9.47 Å². The molecule has 3 rings (SSSR count). The summed E-state index contributed by atoms with van der Waals surface area (Å²) in [4.78, 5) is 57.2. The molecule has 10 nitrogen and oxygen atoms in total. The lowest BCUT2D eigenvalue weighted by Gasteiger charge is -2.42. The summed E-state index contributed by atoms with van der Waals surface area (Å²) in [5, 5.41) is 2.82. The molecule has 1 aromatic carbocycles. The van der Waals surface area contributed by atoms with Crippen LogP contribution in [0.25, 0.3) is 0 Å². The Kier molecular flexibility index (Phi) is 9.42. The number of nitrogens with one attached hydrogen (secondary N) is 1. The lowest BCUT2D eigenvalue weighted by molar-refractivity contribution is -0.132. The van der Waals surface area contributed by atoms with E-state index in [1.807, 2.05) is 46.4 Å². The molecule has 1 fully saturated rings. The number of anilines is 1. The highest BCUT2D eigenvalue weighted by Crippen LogP contribution is 2.40. The Hall–Kier alpha value is -3.30. The smallest absolute Gasteiger partial charge is 0.410 e. The van der Waals surface area contributed by atoms with E-state index in [1.54, 1.807) is 42.7 Å². The maximum absolute atomic E-state index is 14.1. The average molecular weight is 559 g/mol. The highest BCUT2D eigenvalue weighted by Gasteiger charge is 2.42. The summed E-state index contributed by atoms with van der Waals surface area (Å²) in [6, 6.07) is 3.23. The van der Waals surface area contributed by atoms with Crippen molar-refractivity contribution in [2.45, 2.75) is 105 Å². The normalized spacial score (nSPS) is 18.6. The van der Waals surface area contributed by atoms with Gasteiger partial charge < -0.3 is 29.5 Å². The number of likely N-dealkylation sites (tertiary alicyclic amines) is 1. The summed E-state index contributed by atoms with van der Waals surface area (Å²) in [5.41, 5.74) is 0.0273. The van der Waals surface area contributed by atoms with Crippen molar-refractivity contribution in [1.82, 2.24) is 15.1 Å². The number of carbonyl (C=O) groups excluding carboxylic acids is 4. The maximum atomic E-state index is 14.1. The largest absolute Gasteiger partial charge is 0.476 e. The van der Waals surface area contributed by atoms with Gasteiger partial charge in [0.2, 0.25) is 5.91 Å². The third-order valence-electron chi connectivity index (χ3n) is 7.16. The predicted octanol–water partition coefficient (Wildman–Crippen LogP) is 4.28. The number of rotatable bonds is 7. The van der Waals surface area contributed by atoms with Gasteiger partial charge in [-0.05, 0) is 85.9 Å². The lowest BCUT2D eigenvalue weighted by Crippen LogP contribution is -2.55. The topological polar surface area (TPSA) is 108 Å². The van der Waals surface area contributed by atoms with Gasteiger partial charge in [0.25, 0.3) is 11.8 Å². The molecule has 0 aromatic heterocycles. The van der Waals surface area contributed by atoms with Gasteiger partial charge >= 0.3 is 6.09 Å². The number of carbonyl (C=O) groups is 4. The molecular weight excluding hydrogens is 512 g/mol. The van der Waals surface area contributed by atoms with E-state index in [0.29, 0.717) is 36.5 Å². The Balaban J connectivity index is 1.92. The number of aryl methyl sites for hydroxylation is 1. The Bertz CT molecular complexity index is 1140. The van der Waals surface area contributed by atoms with Crippen molar-refractivity contribution in [3.8, 4) is 5.75 Å². The van der Waals surface area contributed by atoms with E-state index in [1.165, 1.54) is 0 Å². The zero-order chi connectivity index (χ0) is 30.0. The molecule has 1 N–H and O–H groups in total. The van der Waals surface area contributed by atoms with Gasteiger partial charge in [0, 0.05) is 44.2 Å². The first-order chi connectivity index (χ1) is 18.6. The fourth-order valence-corrected chi connectivity index (χ4v) is 5.24. The summed E-state index contributed by atoms with van der Waals surface area (Å²) in [6.07, 6.45) is 1.52. The minimum absolute atomic E-state index is 0.0968. The van der Waals surface area contributed by atoms with Crippen LogP contribution in [0.1, 0.15) is 90.6 Å². The Morgan fingerprint density at radius 1 is 1.23 bits per heavy atom. The first kappa shape index (κ1) is 31.2. The number of fused-ring (bicyclic) bond motifs is 1. The molecule has 40 heavy (non-hydrogen) atoms. The zero-order valence-electron chi connectivity index (χ0n) is 25.6. The Labute approximate surface area is 238 Å². The quantitative estimate of drug-likeness (QED) is 0.535. The van der Waals surface area contributed by atoms with Crippen molar-refractivity contribution < 1.29 is 28.7 Å². The highest BCUT2D eigenvalue weighted by atomic mass is 16.6. The van der Waals surface area contributed by atoms with Crippen LogP contribution in [0.3, 0.4) is 0 Å². The zero-order valence-corrected chi connectivity index (χ0v) is 25.6. The molecular formula is C30H46N4O6. The predicted molar refractivity (Wildman–Crippen MR) is 154 cm³/mol. The summed E-state index contributed by atoms with van der Waals surface area (Å²) in [6.45, 7) is 18.0. The molecule has 0 radical (unpaired) electrons. The molecule has 2 aliphatic heterocycles. The van der Waals surface area contributed by atoms with Crippen molar-refractivity contribution in [2.75, 3.05) is 31.1 Å². The number of amides is 4. The van der Waals surface area contributed by atoms with Crippen LogP contribution in [-0.2, 0) is 14.3 Å². The van der Waals surface area contributed by atoms with Crippen molar-refractivity contribution in [2.24, 2.45) is 0 Å². The van der Waals surface area contributed by atoms with E-state index in [-0.39, 0.29) is 49.0 Å². The SMILES string of the molecule is CCC(=O)NCCN1C(=O)C(C)(C)Oc2cc(C)c(C(=O)N(C(C)C)[C@@H]3CCCN(C(=O)OC(C)(C)C)C3)cc21. The number of ether oxygens (including phenoxy) is 2. The highest BCUT2D eigenvalue weighted by molar-refractivity contribution is 6.05. The van der Waals surface area contributed by atoms with Crippen molar-refractivity contribution in [1.29, 1.82) is 0 Å². The molecule has 0 bridgehead atoms. The minimum atomic E-state index is -1.09. The molecule has 0 unspecified atom stereocenters. The Morgan fingerprint density at radius 2 is 1.90 bits per heavy atom. The first-order valence-electron chi connectivity index (χ1n) is 14.3. The van der Waals surface area contributed by atoms with E-state index in [0.717, 1.165) is 18.4 Å². The fourth-order valence-electron chi connectivity index (χ4n) is 5.24. The van der Waals surface area contributed by atoms with Crippen molar-refractivity contribution >= 4 is 29.5 Å². The van der Waals surface area contributed by atoms with Crippen LogP contribution in [0.4, 0.5) is 10.5 Å². The summed E-state index contributed by atoms with van der Waals surface area (Å²) < 4.78 is 11.7. The molecule has 2 aliphatic rings. The van der Waals surface area contributed by atoms with E-state index >= 15 is 0 Å². The van der Waals surface area contributed by atoms with Gasteiger partial charge in [-0.3, -0.25) is 14.4 Å². The second-order valence-corrected chi connectivity index (χ2v) is 12.4. The first-order valence-corrected chi connectivity index (χ1v) is 14.3. The van der Waals surface area contributed by atoms with Gasteiger partial charge in [0.05, 0.1) is 11.7 Å². The third kappa shape index (κ3) is 7.06. The van der Waals surface area contributed by atoms with Gasteiger partial charge in [0.1, 0.15) is 11.4 Å². The average Bonchev–Trinajstić information content (AvgIpc) is 2.84. The van der Waals surface area contributed by atoms with Gasteiger partial charge in [0.15, 0.2) is 5.60 Å². The molecule has 222 valence electrons. The van der Waals surface area contributed by atoms with Crippen LogP contribution in [0.15, 0.2) is 12.1 Å². The van der Waals surface area contributed by atoms with Crippen molar-refractivity contribution in [3.63, 3.8) is 0 Å². The number of hydrogen-bond donors (Lipinski definition) is 1. The molecule has 0 saturated carbocycles. The van der Waals surface area contributed by atoms with E-state index < -0.39 is 11.2 Å². The van der Waals surface area contributed by atoms with Crippen LogP contribution in [-0.4, -0.2) is 83.1 Å². The van der Waals surface area contributed by atoms with Crippen LogP contribution in [0.5, 0.6) is 5.75 Å². The number of hydrogen-bond acceptors (Lipinski definition) is 6. The summed E-state index contributed by atoms with van der Waals surface area (Å²) in [7, 11) is 0. The fraction of sp³-hybridized carbons (Fsp3) is 0.667. The van der Waals surface area contributed by atoms with E-state index in [9.17, 15) is 19.2 Å². The standard InChI is InChI=1S/C30H46N4O6/c1-10-25(35)31-13-15-33-23-17-22(20(4)16-24(23)39-30(8,9)27(33)37)26(36)34(19(2)3)21-12-11-14-32(18-21)28(38)40-29(5,6)7/h16-17,19,21H,10-15,18H2,1-9H3,(H,31,35)/t21-/m1/s1. The maximum Gasteiger partial charge on any atom is 0.410 e. The molecule has 4 amide bonds. The molecule has 0 spiro atoms. The summed E-state index contributed by atoms with van der Waals surface area (Å²) >= 11 is 0. The van der Waals surface area contributed by atoms with Crippen LogP contribution >= 0.6 is 0 Å². The monoisotopic (exact) mass is 558 g/mol. The molecule has 10 heteroatoms. The molecule has 2 heterocycles. The molecule has 1 atom stereocenters. The van der Waals surface area contributed by atoms with Crippen LogP contribution in [0, 0.1) is 6.92 Å². The summed E-state index contributed by atoms with van der Waals surface area (Å²) in [5.74, 6) is 0.0163. The van der Waals surface area contributed by atoms with E-state index in [2.05, 4.69) is 5.32 Å². The molecule has 1 aromatic rings. The number of benzene rings is 1. The van der Waals surface area contributed by atoms with Gasteiger partial charge in [-0.1, -0.05) is 6.92 Å². The van der Waals surface area contributed by atoms with Crippen molar-refractivity contribution in [3.05, 3.63) is 23.3 Å². The van der Waals surface area contributed by atoms with Gasteiger partial charge in [-0.2, -0.15) is 0 Å². The molecule has 1 saturated heterocycles.